The van der Waals surface area contributed by atoms with E-state index in [0.717, 1.165) is 5.69 Å². The zero-order valence-electron chi connectivity index (χ0n) is 22.0. The van der Waals surface area contributed by atoms with E-state index >= 15 is 0 Å². The molecule has 1 aromatic heterocycles. The zero-order chi connectivity index (χ0) is 28.7. The van der Waals surface area contributed by atoms with Gasteiger partial charge in [-0.2, -0.15) is 4.37 Å². The number of rotatable bonds is 11. The highest BCUT2D eigenvalue weighted by molar-refractivity contribution is 7.09. The fraction of sp³-hybridized carbons (Fsp3) is 0.269. The molecule has 2 aromatic carbocycles. The molecule has 1 heterocycles. The number of carbonyl (C=O) groups excluding carboxylic acids is 4. The van der Waals surface area contributed by atoms with Crippen molar-refractivity contribution < 1.29 is 28.7 Å². The quantitative estimate of drug-likeness (QED) is 0.300. The number of hydrogen-bond donors (Lipinski definition) is 3. The molecule has 0 aliphatic carbocycles. The number of aromatic nitrogens is 1. The highest BCUT2D eigenvalue weighted by Crippen LogP contribution is 2.38. The second-order valence-corrected chi connectivity index (χ2v) is 9.17. The molecule has 13 heteroatoms. The van der Waals surface area contributed by atoms with Crippen LogP contribution in [-0.4, -0.2) is 62.4 Å². The minimum Gasteiger partial charge on any atom is -0.495 e. The molecule has 0 aliphatic heterocycles. The smallest absolute Gasteiger partial charge is 0.325 e. The van der Waals surface area contributed by atoms with Crippen molar-refractivity contribution in [3.8, 4) is 5.75 Å². The van der Waals surface area contributed by atoms with Crippen molar-refractivity contribution in [3.63, 3.8) is 0 Å². The van der Waals surface area contributed by atoms with Gasteiger partial charge >= 0.3 is 5.97 Å². The Bertz CT molecular complexity index is 1360. The van der Waals surface area contributed by atoms with Crippen LogP contribution >= 0.6 is 11.5 Å². The number of methoxy groups -OCH3 is 1. The standard InChI is InChI=1S/C26H30N6O6S/c1-5-38-19(33)14-29-25(35)22(15-10-12-16(13-11-15)31(2)3)32(17-8-6-7-9-18(17)37-4)26(36)23-20(27)21(24(28)34)30-39-23/h6-13,22H,5,14,27H2,1-4H3,(H2,28,34)(H,29,35)/t22-/m1/s1. The summed E-state index contributed by atoms with van der Waals surface area (Å²) in [7, 11) is 5.16. The van der Waals surface area contributed by atoms with Crippen LogP contribution in [0.2, 0.25) is 0 Å². The van der Waals surface area contributed by atoms with Gasteiger partial charge < -0.3 is 31.2 Å². The molecule has 0 bridgehead atoms. The molecule has 1 atom stereocenters. The Labute approximate surface area is 229 Å². The maximum atomic E-state index is 14.1. The third-order valence-electron chi connectivity index (χ3n) is 5.66. The summed E-state index contributed by atoms with van der Waals surface area (Å²) >= 11 is 0.684. The highest BCUT2D eigenvalue weighted by atomic mass is 32.1. The molecule has 0 radical (unpaired) electrons. The van der Waals surface area contributed by atoms with Gasteiger partial charge in [0.15, 0.2) is 5.69 Å². The van der Waals surface area contributed by atoms with E-state index in [4.69, 9.17) is 20.9 Å². The molecule has 0 aliphatic rings. The van der Waals surface area contributed by atoms with Crippen LogP contribution < -0.4 is 31.3 Å². The van der Waals surface area contributed by atoms with Crippen molar-refractivity contribution in [1.29, 1.82) is 0 Å². The fourth-order valence-electron chi connectivity index (χ4n) is 3.77. The molecule has 3 aromatic rings. The first-order valence-corrected chi connectivity index (χ1v) is 12.6. The van der Waals surface area contributed by atoms with Crippen LogP contribution in [0.3, 0.4) is 0 Å². The van der Waals surface area contributed by atoms with Gasteiger partial charge in [-0.05, 0) is 48.3 Å². The molecule has 3 rings (SSSR count). The molecule has 12 nitrogen and oxygen atoms in total. The van der Waals surface area contributed by atoms with Crippen LogP contribution in [0.1, 0.15) is 38.7 Å². The van der Waals surface area contributed by atoms with Crippen molar-refractivity contribution in [2.24, 2.45) is 5.73 Å². The lowest BCUT2D eigenvalue weighted by molar-refractivity contribution is -0.143. The number of ether oxygens (including phenoxy) is 2. The number of benzene rings is 2. The molecule has 206 valence electrons. The average Bonchev–Trinajstić information content (AvgIpc) is 3.31. The number of para-hydroxylation sites is 2. The third-order valence-corrected chi connectivity index (χ3v) is 6.51. The van der Waals surface area contributed by atoms with Gasteiger partial charge in [0.1, 0.15) is 23.2 Å². The normalized spacial score (nSPS) is 11.3. The van der Waals surface area contributed by atoms with Crippen LogP contribution in [-0.2, 0) is 14.3 Å². The predicted octanol–water partition coefficient (Wildman–Crippen LogP) is 1.97. The number of primary amides is 1. The number of nitrogen functional groups attached to an aromatic ring is 1. The van der Waals surface area contributed by atoms with E-state index in [1.54, 1.807) is 55.5 Å². The number of hydrogen-bond acceptors (Lipinski definition) is 10. The highest BCUT2D eigenvalue weighted by Gasteiger charge is 2.37. The van der Waals surface area contributed by atoms with E-state index < -0.39 is 36.3 Å². The molecular weight excluding hydrogens is 524 g/mol. The van der Waals surface area contributed by atoms with Gasteiger partial charge in [-0.3, -0.25) is 24.1 Å². The average molecular weight is 555 g/mol. The minimum atomic E-state index is -1.29. The monoisotopic (exact) mass is 554 g/mol. The van der Waals surface area contributed by atoms with E-state index in [9.17, 15) is 19.2 Å². The largest absolute Gasteiger partial charge is 0.495 e. The Morgan fingerprint density at radius 2 is 1.74 bits per heavy atom. The molecule has 0 saturated carbocycles. The Kier molecular flexibility index (Phi) is 9.44. The van der Waals surface area contributed by atoms with Gasteiger partial charge in [0.25, 0.3) is 11.8 Å². The molecule has 0 fully saturated rings. The van der Waals surface area contributed by atoms with Gasteiger partial charge in [-0.25, -0.2) is 0 Å². The number of nitrogens with two attached hydrogens (primary N) is 2. The van der Waals surface area contributed by atoms with Crippen LogP contribution in [0.4, 0.5) is 17.1 Å². The molecule has 5 N–H and O–H groups in total. The summed E-state index contributed by atoms with van der Waals surface area (Å²) in [5.74, 6) is -2.64. The number of carbonyl (C=O) groups is 4. The third kappa shape index (κ3) is 6.44. The maximum absolute atomic E-state index is 14.1. The zero-order valence-corrected chi connectivity index (χ0v) is 22.8. The molecule has 39 heavy (non-hydrogen) atoms. The lowest BCUT2D eigenvalue weighted by Crippen LogP contribution is -2.45. The first kappa shape index (κ1) is 28.9. The second kappa shape index (κ2) is 12.7. The Morgan fingerprint density at radius 3 is 2.31 bits per heavy atom. The number of anilines is 3. The van der Waals surface area contributed by atoms with E-state index in [1.807, 2.05) is 19.0 Å². The Balaban J connectivity index is 2.21. The van der Waals surface area contributed by atoms with Crippen LogP contribution in [0.5, 0.6) is 5.75 Å². The second-order valence-electron chi connectivity index (χ2n) is 8.40. The summed E-state index contributed by atoms with van der Waals surface area (Å²) in [4.78, 5) is 54.7. The Morgan fingerprint density at radius 1 is 1.08 bits per heavy atom. The number of esters is 1. The fourth-order valence-corrected chi connectivity index (χ4v) is 4.52. The summed E-state index contributed by atoms with van der Waals surface area (Å²) < 4.78 is 14.4. The van der Waals surface area contributed by atoms with Gasteiger partial charge in [0.2, 0.25) is 5.91 Å². The van der Waals surface area contributed by atoms with Gasteiger partial charge in [-0.1, -0.05) is 24.3 Å². The van der Waals surface area contributed by atoms with Gasteiger partial charge in [-0.15, -0.1) is 0 Å². The molecule has 3 amide bonds. The predicted molar refractivity (Wildman–Crippen MR) is 148 cm³/mol. The lowest BCUT2D eigenvalue weighted by atomic mass is 10.0. The summed E-state index contributed by atoms with van der Waals surface area (Å²) in [6, 6.07) is 12.3. The van der Waals surface area contributed by atoms with Crippen molar-refractivity contribution in [1.82, 2.24) is 9.69 Å². The molecule has 0 spiro atoms. The van der Waals surface area contributed by atoms with Crippen molar-refractivity contribution >= 4 is 52.3 Å². The van der Waals surface area contributed by atoms with Gasteiger partial charge in [0, 0.05) is 19.8 Å². The summed E-state index contributed by atoms with van der Waals surface area (Å²) in [6.45, 7) is 1.38. The minimum absolute atomic E-state index is 0.0946. The van der Waals surface area contributed by atoms with Crippen molar-refractivity contribution in [2.75, 3.05) is 49.9 Å². The van der Waals surface area contributed by atoms with Gasteiger partial charge in [0.05, 0.1) is 25.1 Å². The first-order chi connectivity index (χ1) is 18.6. The first-order valence-electron chi connectivity index (χ1n) is 11.8. The summed E-state index contributed by atoms with van der Waals surface area (Å²) in [5, 5.41) is 2.56. The van der Waals surface area contributed by atoms with Crippen LogP contribution in [0.25, 0.3) is 0 Å². The summed E-state index contributed by atoms with van der Waals surface area (Å²) in [5.41, 5.74) is 12.5. The number of nitrogens with one attached hydrogen (secondary N) is 1. The lowest BCUT2D eigenvalue weighted by Gasteiger charge is -2.32. The molecule has 0 saturated heterocycles. The van der Waals surface area contributed by atoms with E-state index in [-0.39, 0.29) is 34.3 Å². The Hall–Kier alpha value is -4.65. The number of amides is 3. The summed E-state index contributed by atoms with van der Waals surface area (Å²) in [6.07, 6.45) is 0. The molecule has 0 unspecified atom stereocenters. The van der Waals surface area contributed by atoms with E-state index in [1.165, 1.54) is 12.0 Å². The topological polar surface area (TPSA) is 170 Å². The van der Waals surface area contributed by atoms with E-state index in [2.05, 4.69) is 9.69 Å². The molecular formula is C26H30N6O6S. The number of nitrogens with zero attached hydrogens (tertiary/aromatic N) is 3. The van der Waals surface area contributed by atoms with Crippen LogP contribution in [0, 0.1) is 0 Å². The maximum Gasteiger partial charge on any atom is 0.325 e. The van der Waals surface area contributed by atoms with Crippen molar-refractivity contribution in [2.45, 2.75) is 13.0 Å². The van der Waals surface area contributed by atoms with Crippen LogP contribution in [0.15, 0.2) is 48.5 Å². The van der Waals surface area contributed by atoms with E-state index in [0.29, 0.717) is 17.1 Å². The van der Waals surface area contributed by atoms with Crippen molar-refractivity contribution in [3.05, 3.63) is 64.7 Å². The SMILES string of the molecule is CCOC(=O)CNC(=O)[C@@H](c1ccc(N(C)C)cc1)N(C(=O)c1snc(C(N)=O)c1N)c1ccccc1OC.